The zero-order valence-corrected chi connectivity index (χ0v) is 13.6. The van der Waals surface area contributed by atoms with Crippen molar-refractivity contribution in [3.05, 3.63) is 52.4 Å². The number of carbonyl (C=O) groups excluding carboxylic acids is 1. The van der Waals surface area contributed by atoms with Crippen LogP contribution in [0.2, 0.25) is 0 Å². The van der Waals surface area contributed by atoms with Crippen molar-refractivity contribution >= 4 is 11.9 Å². The fraction of sp³-hybridized carbons (Fsp3) is 0.308. The van der Waals surface area contributed by atoms with Gasteiger partial charge in [-0.2, -0.15) is 14.9 Å². The maximum atomic E-state index is 12.4. The van der Waals surface area contributed by atoms with E-state index in [1.54, 1.807) is 30.2 Å². The fourth-order valence-electron chi connectivity index (χ4n) is 2.20. The SMILES string of the molecule is CN(Cc1ccn(C)n1)C(=O)c1ccn(Cn2cnc([N+](=O)[O-])n2)n1. The van der Waals surface area contributed by atoms with Crippen LogP contribution in [0.4, 0.5) is 5.95 Å². The molecule has 3 rings (SSSR count). The van der Waals surface area contributed by atoms with Crippen LogP contribution in [0.5, 0.6) is 0 Å². The van der Waals surface area contributed by atoms with Crippen LogP contribution < -0.4 is 0 Å². The summed E-state index contributed by atoms with van der Waals surface area (Å²) in [5, 5.41) is 22.7. The van der Waals surface area contributed by atoms with Gasteiger partial charge >= 0.3 is 5.95 Å². The van der Waals surface area contributed by atoms with Crippen molar-refractivity contribution in [2.45, 2.75) is 13.2 Å². The van der Waals surface area contributed by atoms with Crippen molar-refractivity contribution < 1.29 is 9.72 Å². The maximum Gasteiger partial charge on any atom is 0.491 e. The molecule has 0 aliphatic rings. The molecular formula is C13H15N9O3. The Bertz CT molecular complexity index is 909. The van der Waals surface area contributed by atoms with Gasteiger partial charge in [0.2, 0.25) is 6.33 Å². The highest BCUT2D eigenvalue weighted by atomic mass is 16.6. The van der Waals surface area contributed by atoms with Crippen LogP contribution >= 0.6 is 0 Å². The Morgan fingerprint density at radius 1 is 1.24 bits per heavy atom. The number of amides is 1. The lowest BCUT2D eigenvalue weighted by molar-refractivity contribution is -0.394. The standard InChI is InChI=1S/C13H15N9O3/c1-18(7-10-3-5-19(2)15-10)12(23)11-4-6-20(16-11)9-21-8-14-13(17-21)22(24)25/h3-6,8H,7,9H2,1-2H3. The molecular weight excluding hydrogens is 330 g/mol. The first-order valence-electron chi connectivity index (χ1n) is 7.23. The quantitative estimate of drug-likeness (QED) is 0.450. The molecule has 1 amide bonds. The van der Waals surface area contributed by atoms with Gasteiger partial charge in [0.1, 0.15) is 5.69 Å². The number of carbonyl (C=O) groups is 1. The number of aryl methyl sites for hydroxylation is 1. The molecule has 0 atom stereocenters. The molecule has 3 heterocycles. The van der Waals surface area contributed by atoms with E-state index in [9.17, 15) is 14.9 Å². The number of aromatic nitrogens is 7. The molecule has 0 aliphatic carbocycles. The maximum absolute atomic E-state index is 12.4. The van der Waals surface area contributed by atoms with E-state index in [1.807, 2.05) is 13.1 Å². The van der Waals surface area contributed by atoms with E-state index in [2.05, 4.69) is 20.3 Å². The summed E-state index contributed by atoms with van der Waals surface area (Å²) in [6.07, 6.45) is 4.63. The van der Waals surface area contributed by atoms with Crippen molar-refractivity contribution in [1.29, 1.82) is 0 Å². The van der Waals surface area contributed by atoms with Crippen molar-refractivity contribution in [2.75, 3.05) is 7.05 Å². The summed E-state index contributed by atoms with van der Waals surface area (Å²) in [6, 6.07) is 3.41. The van der Waals surface area contributed by atoms with Crippen LogP contribution in [-0.4, -0.2) is 57.1 Å². The third-order valence-electron chi connectivity index (χ3n) is 3.35. The molecule has 0 unspecified atom stereocenters. The highest BCUT2D eigenvalue weighted by molar-refractivity contribution is 5.91. The van der Waals surface area contributed by atoms with Gasteiger partial charge in [0.25, 0.3) is 5.91 Å². The van der Waals surface area contributed by atoms with Gasteiger partial charge in [0, 0.05) is 31.6 Å². The van der Waals surface area contributed by atoms with E-state index >= 15 is 0 Å². The second kappa shape index (κ2) is 6.51. The van der Waals surface area contributed by atoms with Gasteiger partial charge in [-0.05, 0) is 17.1 Å². The Morgan fingerprint density at radius 2 is 2.04 bits per heavy atom. The third kappa shape index (κ3) is 3.68. The van der Waals surface area contributed by atoms with Crippen LogP contribution in [0.3, 0.4) is 0 Å². The van der Waals surface area contributed by atoms with Gasteiger partial charge in [-0.1, -0.05) is 4.98 Å². The van der Waals surface area contributed by atoms with Crippen LogP contribution in [-0.2, 0) is 20.3 Å². The molecule has 3 aromatic rings. The Hall–Kier alpha value is -3.57. The van der Waals surface area contributed by atoms with Crippen molar-refractivity contribution in [1.82, 2.24) is 39.2 Å². The highest BCUT2D eigenvalue weighted by Crippen LogP contribution is 2.06. The number of nitrogens with zero attached hydrogens (tertiary/aromatic N) is 9. The van der Waals surface area contributed by atoms with Crippen molar-refractivity contribution in [3.63, 3.8) is 0 Å². The minimum Gasteiger partial charge on any atom is -0.390 e. The smallest absolute Gasteiger partial charge is 0.390 e. The second-order valence-corrected chi connectivity index (χ2v) is 5.36. The first-order chi connectivity index (χ1) is 11.9. The topological polar surface area (TPSA) is 130 Å². The average molecular weight is 345 g/mol. The molecule has 0 aromatic carbocycles. The lowest BCUT2D eigenvalue weighted by Crippen LogP contribution is -2.27. The largest absolute Gasteiger partial charge is 0.491 e. The van der Waals surface area contributed by atoms with Gasteiger partial charge in [-0.3, -0.25) is 9.48 Å². The molecule has 0 spiro atoms. The first kappa shape index (κ1) is 16.3. The molecule has 12 heteroatoms. The summed E-state index contributed by atoms with van der Waals surface area (Å²) in [5.74, 6) is -0.743. The molecule has 0 saturated heterocycles. The summed E-state index contributed by atoms with van der Waals surface area (Å²) in [7, 11) is 3.47. The summed E-state index contributed by atoms with van der Waals surface area (Å²) in [6.45, 7) is 0.472. The number of rotatable bonds is 6. The lowest BCUT2D eigenvalue weighted by Gasteiger charge is -2.14. The van der Waals surface area contributed by atoms with Crippen LogP contribution in [0.15, 0.2) is 30.9 Å². The van der Waals surface area contributed by atoms with Gasteiger partial charge in [-0.25, -0.2) is 4.68 Å². The normalized spacial score (nSPS) is 10.8. The second-order valence-electron chi connectivity index (χ2n) is 5.36. The molecule has 130 valence electrons. The Labute approximate surface area is 141 Å². The summed E-state index contributed by atoms with van der Waals surface area (Å²) < 4.78 is 4.37. The van der Waals surface area contributed by atoms with Gasteiger partial charge in [0.15, 0.2) is 6.67 Å². The predicted molar refractivity (Wildman–Crippen MR) is 83.3 cm³/mol. The van der Waals surface area contributed by atoms with E-state index in [-0.39, 0.29) is 18.3 Å². The molecule has 0 N–H and O–H groups in total. The molecule has 25 heavy (non-hydrogen) atoms. The van der Waals surface area contributed by atoms with Crippen molar-refractivity contribution in [3.8, 4) is 0 Å². The minimum atomic E-state index is -0.679. The zero-order valence-electron chi connectivity index (χ0n) is 13.6. The average Bonchev–Trinajstić information content (AvgIpc) is 3.28. The Morgan fingerprint density at radius 3 is 2.68 bits per heavy atom. The molecule has 0 bridgehead atoms. The van der Waals surface area contributed by atoms with Crippen molar-refractivity contribution in [2.24, 2.45) is 7.05 Å². The monoisotopic (exact) mass is 345 g/mol. The number of hydrogen-bond donors (Lipinski definition) is 0. The van der Waals surface area contributed by atoms with E-state index in [4.69, 9.17) is 0 Å². The number of nitro groups is 1. The molecule has 12 nitrogen and oxygen atoms in total. The zero-order chi connectivity index (χ0) is 18.0. The molecule has 0 aliphatic heterocycles. The van der Waals surface area contributed by atoms with Crippen LogP contribution in [0, 0.1) is 10.1 Å². The summed E-state index contributed by atoms with van der Waals surface area (Å²) in [4.78, 5) is 27.4. The molecule has 0 fully saturated rings. The highest BCUT2D eigenvalue weighted by Gasteiger charge is 2.17. The van der Waals surface area contributed by atoms with Gasteiger partial charge in [-0.15, -0.1) is 0 Å². The minimum absolute atomic E-state index is 0.109. The summed E-state index contributed by atoms with van der Waals surface area (Å²) >= 11 is 0. The lowest BCUT2D eigenvalue weighted by atomic mass is 10.3. The van der Waals surface area contributed by atoms with E-state index in [1.165, 1.54) is 20.6 Å². The Kier molecular flexibility index (Phi) is 4.24. The van der Waals surface area contributed by atoms with Gasteiger partial charge in [0.05, 0.1) is 12.2 Å². The number of hydrogen-bond acceptors (Lipinski definition) is 7. The first-order valence-corrected chi connectivity index (χ1v) is 7.23. The van der Waals surface area contributed by atoms with Crippen LogP contribution in [0.1, 0.15) is 16.2 Å². The van der Waals surface area contributed by atoms with Crippen LogP contribution in [0.25, 0.3) is 0 Å². The summed E-state index contributed by atoms with van der Waals surface area (Å²) in [5.41, 5.74) is 1.03. The Balaban J connectivity index is 1.65. The predicted octanol–water partition coefficient (Wildman–Crippen LogP) is -0.106. The fourth-order valence-corrected chi connectivity index (χ4v) is 2.20. The van der Waals surface area contributed by atoms with E-state index in [0.29, 0.717) is 6.54 Å². The molecule has 0 radical (unpaired) electrons. The van der Waals surface area contributed by atoms with Gasteiger partial charge < -0.3 is 15.0 Å². The molecule has 0 saturated carbocycles. The van der Waals surface area contributed by atoms with E-state index < -0.39 is 10.9 Å². The third-order valence-corrected chi connectivity index (χ3v) is 3.35. The van der Waals surface area contributed by atoms with E-state index in [0.717, 1.165) is 5.69 Å². The molecule has 3 aromatic heterocycles.